The molecule has 0 unspecified atom stereocenters. The third-order valence-electron chi connectivity index (χ3n) is 8.40. The summed E-state index contributed by atoms with van der Waals surface area (Å²) in [6.07, 6.45) is -3.95. The van der Waals surface area contributed by atoms with Crippen molar-refractivity contribution >= 4 is 23.9 Å². The van der Waals surface area contributed by atoms with Crippen molar-refractivity contribution in [2.75, 3.05) is 26.4 Å². The molecular formula is C42H46O12. The number of esters is 4. The van der Waals surface area contributed by atoms with Crippen molar-refractivity contribution in [2.45, 2.75) is 63.3 Å². The molecule has 12 heteroatoms. The summed E-state index contributed by atoms with van der Waals surface area (Å²) in [7, 11) is 0. The molecule has 4 aromatic rings. The lowest BCUT2D eigenvalue weighted by Crippen LogP contribution is -2.50. The van der Waals surface area contributed by atoms with Crippen LogP contribution in [-0.4, -0.2) is 83.9 Å². The maximum Gasteiger partial charge on any atom is 0.338 e. The van der Waals surface area contributed by atoms with E-state index in [1.165, 1.54) is 13.8 Å². The zero-order chi connectivity index (χ0) is 38.8. The van der Waals surface area contributed by atoms with Crippen LogP contribution in [0.4, 0.5) is 0 Å². The summed E-state index contributed by atoms with van der Waals surface area (Å²) in [5.74, 6) is -3.09. The van der Waals surface area contributed by atoms with Gasteiger partial charge in [-0.2, -0.15) is 0 Å². The number of ether oxygens (including phenoxy) is 6. The first-order chi connectivity index (χ1) is 26.0. The van der Waals surface area contributed by atoms with Gasteiger partial charge in [0.2, 0.25) is 0 Å². The van der Waals surface area contributed by atoms with Crippen LogP contribution in [0.1, 0.15) is 58.5 Å². The fraction of sp³-hybridized carbons (Fsp3) is 0.333. The second-order valence-electron chi connectivity index (χ2n) is 13.0. The molecular weight excluding hydrogens is 696 g/mol. The first-order valence-electron chi connectivity index (χ1n) is 17.4. The molecule has 0 aliphatic heterocycles. The molecule has 54 heavy (non-hydrogen) atoms. The van der Waals surface area contributed by atoms with E-state index in [0.717, 1.165) is 11.1 Å². The molecule has 0 fully saturated rings. The van der Waals surface area contributed by atoms with E-state index in [4.69, 9.17) is 28.4 Å². The van der Waals surface area contributed by atoms with Crippen LogP contribution in [-0.2, 0) is 51.2 Å². The summed E-state index contributed by atoms with van der Waals surface area (Å²) < 4.78 is 33.6. The van der Waals surface area contributed by atoms with E-state index in [9.17, 15) is 29.4 Å². The molecule has 0 spiro atoms. The van der Waals surface area contributed by atoms with Crippen LogP contribution >= 0.6 is 0 Å². The van der Waals surface area contributed by atoms with Crippen LogP contribution in [0.3, 0.4) is 0 Å². The minimum atomic E-state index is -1.69. The highest BCUT2D eigenvalue weighted by molar-refractivity contribution is 5.89. The van der Waals surface area contributed by atoms with Crippen molar-refractivity contribution in [2.24, 2.45) is 0 Å². The summed E-state index contributed by atoms with van der Waals surface area (Å²) >= 11 is 0. The van der Waals surface area contributed by atoms with Gasteiger partial charge in [-0.1, -0.05) is 97.1 Å². The third-order valence-corrected chi connectivity index (χ3v) is 8.40. The van der Waals surface area contributed by atoms with Crippen molar-refractivity contribution in [1.29, 1.82) is 0 Å². The van der Waals surface area contributed by atoms with Gasteiger partial charge in [0.15, 0.2) is 11.2 Å². The molecule has 0 heterocycles. The molecule has 4 atom stereocenters. The predicted molar refractivity (Wildman–Crippen MR) is 196 cm³/mol. The van der Waals surface area contributed by atoms with Crippen molar-refractivity contribution in [3.63, 3.8) is 0 Å². The van der Waals surface area contributed by atoms with Gasteiger partial charge in [0, 0.05) is 0 Å². The van der Waals surface area contributed by atoms with Gasteiger partial charge < -0.3 is 38.6 Å². The normalized spacial score (nSPS) is 14.4. The monoisotopic (exact) mass is 742 g/mol. The third kappa shape index (κ3) is 13.2. The van der Waals surface area contributed by atoms with E-state index in [1.807, 2.05) is 60.7 Å². The lowest BCUT2D eigenvalue weighted by molar-refractivity contribution is -0.191. The quantitative estimate of drug-likeness (QED) is 0.0845. The Morgan fingerprint density at radius 1 is 0.519 bits per heavy atom. The smallest absolute Gasteiger partial charge is 0.338 e. The number of hydrogen-bond acceptors (Lipinski definition) is 12. The molecule has 0 bridgehead atoms. The number of rotatable bonds is 21. The second kappa shape index (κ2) is 20.7. The molecule has 0 aliphatic carbocycles. The van der Waals surface area contributed by atoms with E-state index in [-0.39, 0.29) is 37.6 Å². The molecule has 0 saturated carbocycles. The van der Waals surface area contributed by atoms with E-state index in [2.05, 4.69) is 0 Å². The number of aliphatic hydroxyl groups is 2. The summed E-state index contributed by atoms with van der Waals surface area (Å²) in [6.45, 7) is 1.59. The fourth-order valence-electron chi connectivity index (χ4n) is 5.08. The second-order valence-corrected chi connectivity index (χ2v) is 13.0. The minimum absolute atomic E-state index is 0.144. The highest BCUT2D eigenvalue weighted by atomic mass is 16.6. The number of benzene rings is 4. The van der Waals surface area contributed by atoms with Gasteiger partial charge in [0.05, 0.1) is 50.4 Å². The van der Waals surface area contributed by atoms with Gasteiger partial charge in [-0.15, -0.1) is 0 Å². The van der Waals surface area contributed by atoms with Gasteiger partial charge >= 0.3 is 23.9 Å². The van der Waals surface area contributed by atoms with Crippen LogP contribution in [0, 0.1) is 0 Å². The predicted octanol–water partition coefficient (Wildman–Crippen LogP) is 5.24. The summed E-state index contributed by atoms with van der Waals surface area (Å²) in [5, 5.41) is 22.2. The van der Waals surface area contributed by atoms with Crippen molar-refractivity contribution in [3.05, 3.63) is 144 Å². The summed E-state index contributed by atoms with van der Waals surface area (Å²) in [5.41, 5.74) is -1.15. The molecule has 0 amide bonds. The van der Waals surface area contributed by atoms with Crippen LogP contribution in [0.2, 0.25) is 0 Å². The Hall–Kier alpha value is -5.40. The standard InChI is InChI=1S/C42H46O12/c1-41(29-49-25-31-15-7-3-8-16-31,35(43)27-51-39(47)33-19-11-5-12-20-33)53-37(45)23-24-38(46)54-42(2,30-50-26-32-17-9-4-10-18-32)36(44)28-52-40(48)34-21-13-6-14-22-34/h3-22,35-36,43-44H,23-30H2,1-2H3/t35-,36-,41-,42-/m1/s1. The SMILES string of the molecule is C[C@](COCc1ccccc1)(OC(=O)CCC(=O)O[C@](C)(COCc1ccccc1)[C@H](O)COC(=O)c1ccccc1)[C@H](O)COC(=O)c1ccccc1. The number of carbonyl (C=O) groups is 4. The van der Waals surface area contributed by atoms with E-state index < -0.39 is 73.3 Å². The number of aliphatic hydroxyl groups excluding tert-OH is 2. The Bertz CT molecular complexity index is 1620. The molecule has 0 aliphatic rings. The van der Waals surface area contributed by atoms with Crippen molar-refractivity contribution in [1.82, 2.24) is 0 Å². The topological polar surface area (TPSA) is 164 Å². The molecule has 0 saturated heterocycles. The Kier molecular flexibility index (Phi) is 15.9. The van der Waals surface area contributed by atoms with Crippen LogP contribution < -0.4 is 0 Å². The van der Waals surface area contributed by atoms with Crippen LogP contribution in [0.5, 0.6) is 0 Å². The first-order valence-corrected chi connectivity index (χ1v) is 17.4. The highest BCUT2D eigenvalue weighted by Gasteiger charge is 2.41. The van der Waals surface area contributed by atoms with Crippen molar-refractivity contribution < 1.29 is 57.8 Å². The summed E-state index contributed by atoms with van der Waals surface area (Å²) in [4.78, 5) is 51.4. The number of carbonyl (C=O) groups excluding carboxylic acids is 4. The fourth-order valence-corrected chi connectivity index (χ4v) is 5.08. The van der Waals surface area contributed by atoms with Gasteiger partial charge in [-0.3, -0.25) is 9.59 Å². The zero-order valence-electron chi connectivity index (χ0n) is 30.3. The maximum absolute atomic E-state index is 13.2. The van der Waals surface area contributed by atoms with E-state index in [1.54, 1.807) is 60.7 Å². The first kappa shape index (κ1) is 41.4. The largest absolute Gasteiger partial charge is 0.459 e. The van der Waals surface area contributed by atoms with Gasteiger partial charge in [0.1, 0.15) is 25.4 Å². The van der Waals surface area contributed by atoms with Crippen LogP contribution in [0.15, 0.2) is 121 Å². The molecule has 0 aromatic heterocycles. The van der Waals surface area contributed by atoms with E-state index in [0.29, 0.717) is 0 Å². The van der Waals surface area contributed by atoms with E-state index >= 15 is 0 Å². The molecule has 4 rings (SSSR count). The Labute approximate surface area is 314 Å². The lowest BCUT2D eigenvalue weighted by Gasteiger charge is -2.34. The molecule has 2 N–H and O–H groups in total. The van der Waals surface area contributed by atoms with Gasteiger partial charge in [0.25, 0.3) is 0 Å². The van der Waals surface area contributed by atoms with Gasteiger partial charge in [-0.05, 0) is 49.2 Å². The average Bonchev–Trinajstić information content (AvgIpc) is 3.19. The highest BCUT2D eigenvalue weighted by Crippen LogP contribution is 2.23. The van der Waals surface area contributed by atoms with Crippen LogP contribution in [0.25, 0.3) is 0 Å². The molecule has 286 valence electrons. The molecule has 4 aromatic carbocycles. The van der Waals surface area contributed by atoms with Gasteiger partial charge in [-0.25, -0.2) is 9.59 Å². The number of hydrogen-bond donors (Lipinski definition) is 2. The van der Waals surface area contributed by atoms with Crippen molar-refractivity contribution in [3.8, 4) is 0 Å². The minimum Gasteiger partial charge on any atom is -0.459 e. The lowest BCUT2D eigenvalue weighted by atomic mass is 10.00. The zero-order valence-corrected chi connectivity index (χ0v) is 30.3. The Morgan fingerprint density at radius 2 is 0.833 bits per heavy atom. The Morgan fingerprint density at radius 3 is 1.17 bits per heavy atom. The average molecular weight is 743 g/mol. The summed E-state index contributed by atoms with van der Waals surface area (Å²) in [6, 6.07) is 34.9. The Balaban J connectivity index is 1.37. The maximum atomic E-state index is 13.2. The molecule has 12 nitrogen and oxygen atoms in total. The molecule has 0 radical (unpaired) electrons.